The van der Waals surface area contributed by atoms with Crippen molar-refractivity contribution in [2.24, 2.45) is 0 Å². The maximum atomic E-state index is 6.58. The Labute approximate surface area is 346 Å². The molecule has 0 saturated carbocycles. The SMILES string of the molecule is c1ccc2c(N(c3ccc4c(c3)oc3ccccc34)c3ncc4c(n3)oc3nc(N(c5ccc6c(c5)oc5ccccc56)c5cccc6ccccc56)ncc34)cccc2c1. The number of rotatable bonds is 6. The maximum Gasteiger partial charge on any atom is 0.237 e. The first kappa shape index (κ1) is 33.4. The van der Waals surface area contributed by atoms with E-state index < -0.39 is 0 Å². The summed E-state index contributed by atoms with van der Waals surface area (Å²) in [6.07, 6.45) is 3.59. The highest BCUT2D eigenvalue weighted by Gasteiger charge is 2.24. The molecule has 0 amide bonds. The number of nitrogens with zero attached hydrogens (tertiary/aromatic N) is 6. The van der Waals surface area contributed by atoms with Crippen LogP contribution < -0.4 is 9.80 Å². The molecule has 0 unspecified atom stereocenters. The van der Waals surface area contributed by atoms with Crippen LogP contribution in [-0.2, 0) is 0 Å². The van der Waals surface area contributed by atoms with Gasteiger partial charge in [0.15, 0.2) is 0 Å². The maximum absolute atomic E-state index is 6.58. The molecule has 0 bridgehead atoms. The van der Waals surface area contributed by atoms with E-state index in [0.29, 0.717) is 34.1 Å². The lowest BCUT2D eigenvalue weighted by Crippen LogP contribution is -2.13. The molecule has 0 aliphatic carbocycles. The van der Waals surface area contributed by atoms with Gasteiger partial charge < -0.3 is 13.3 Å². The predicted molar refractivity (Wildman–Crippen MR) is 244 cm³/mol. The van der Waals surface area contributed by atoms with E-state index in [9.17, 15) is 0 Å². The molecule has 0 saturated heterocycles. The predicted octanol–water partition coefficient (Wildman–Crippen LogP) is 14.2. The molecular formula is C52H30N6O3. The van der Waals surface area contributed by atoms with E-state index in [-0.39, 0.29) is 0 Å². The first-order valence-corrected chi connectivity index (χ1v) is 20.0. The summed E-state index contributed by atoms with van der Waals surface area (Å²) in [4.78, 5) is 24.3. The van der Waals surface area contributed by atoms with Crippen LogP contribution in [0.25, 0.3) is 87.6 Å². The van der Waals surface area contributed by atoms with Crippen LogP contribution >= 0.6 is 0 Å². The minimum atomic E-state index is 0.391. The second-order valence-corrected chi connectivity index (χ2v) is 15.1. The lowest BCUT2D eigenvalue weighted by atomic mass is 10.1. The number of anilines is 6. The van der Waals surface area contributed by atoms with Crippen LogP contribution in [0.1, 0.15) is 0 Å². The highest BCUT2D eigenvalue weighted by atomic mass is 16.4. The molecule has 0 aliphatic heterocycles. The van der Waals surface area contributed by atoms with Crippen molar-refractivity contribution in [3.63, 3.8) is 0 Å². The third-order valence-corrected chi connectivity index (χ3v) is 11.6. The first-order chi connectivity index (χ1) is 30.2. The molecule has 9 heteroatoms. The Morgan fingerprint density at radius 1 is 0.328 bits per heavy atom. The van der Waals surface area contributed by atoms with E-state index >= 15 is 0 Å². The summed E-state index contributed by atoms with van der Waals surface area (Å²) in [6.45, 7) is 0. The van der Waals surface area contributed by atoms with Crippen molar-refractivity contribution in [3.8, 4) is 0 Å². The van der Waals surface area contributed by atoms with Crippen molar-refractivity contribution >= 4 is 122 Å². The Hall–Kier alpha value is -8.56. The summed E-state index contributed by atoms with van der Waals surface area (Å²) in [5, 5.41) is 9.90. The van der Waals surface area contributed by atoms with E-state index in [0.717, 1.165) is 88.2 Å². The van der Waals surface area contributed by atoms with Gasteiger partial charge in [0.05, 0.1) is 33.5 Å². The minimum Gasteiger partial charge on any atom is -0.456 e. The molecule has 286 valence electrons. The summed E-state index contributed by atoms with van der Waals surface area (Å²) in [5.41, 5.74) is 7.50. The number of aromatic nitrogens is 4. The monoisotopic (exact) mass is 786 g/mol. The Bertz CT molecular complexity index is 3620. The average molecular weight is 787 g/mol. The van der Waals surface area contributed by atoms with Crippen LogP contribution in [0, 0.1) is 0 Å². The summed E-state index contributed by atoms with van der Waals surface area (Å²) in [7, 11) is 0. The zero-order valence-electron chi connectivity index (χ0n) is 32.2. The Morgan fingerprint density at radius 2 is 0.738 bits per heavy atom. The molecule has 0 aliphatic rings. The number of benzene rings is 8. The third-order valence-electron chi connectivity index (χ3n) is 11.6. The Morgan fingerprint density at radius 3 is 1.23 bits per heavy atom. The molecule has 0 N–H and O–H groups in total. The van der Waals surface area contributed by atoms with Crippen molar-refractivity contribution in [3.05, 3.63) is 182 Å². The minimum absolute atomic E-state index is 0.391. The van der Waals surface area contributed by atoms with E-state index in [4.69, 9.17) is 33.2 Å². The van der Waals surface area contributed by atoms with Gasteiger partial charge in [0.1, 0.15) is 22.3 Å². The van der Waals surface area contributed by atoms with Crippen molar-refractivity contribution in [1.29, 1.82) is 0 Å². The summed E-state index contributed by atoms with van der Waals surface area (Å²) in [6, 6.07) is 57.7. The lowest BCUT2D eigenvalue weighted by Gasteiger charge is -2.24. The fraction of sp³-hybridized carbons (Fsp3) is 0. The molecule has 0 radical (unpaired) electrons. The standard InChI is InChI=1S/C52H30N6O3/c1-3-15-35-31(11-1)13-9-19-43(35)57(33-23-25-39-37-17-5-7-21-45(37)59-47(39)27-33)51-53-29-41-42-30-54-52(56-50(42)61-49(41)55-51)58(44-20-10-14-32-12-2-4-16-36(32)44)34-24-26-40-38-18-6-8-22-46(38)60-48(40)28-34/h1-30H. The Kier molecular flexibility index (Phi) is 7.11. The average Bonchev–Trinajstić information content (AvgIpc) is 3.99. The molecule has 13 rings (SSSR count). The van der Waals surface area contributed by atoms with Crippen LogP contribution in [0.4, 0.5) is 34.6 Å². The fourth-order valence-corrected chi connectivity index (χ4v) is 8.79. The number of fused-ring (bicyclic) bond motifs is 11. The van der Waals surface area contributed by atoms with Gasteiger partial charge in [-0.25, -0.2) is 9.97 Å². The number of hydrogen-bond acceptors (Lipinski definition) is 9. The number of para-hydroxylation sites is 2. The molecule has 5 aromatic heterocycles. The normalized spacial score (nSPS) is 11.9. The zero-order chi connectivity index (χ0) is 40.0. The van der Waals surface area contributed by atoms with Gasteiger partial charge in [0.2, 0.25) is 23.3 Å². The summed E-state index contributed by atoms with van der Waals surface area (Å²) in [5.74, 6) is 0.867. The van der Waals surface area contributed by atoms with Gasteiger partial charge in [0.25, 0.3) is 0 Å². The molecule has 9 nitrogen and oxygen atoms in total. The van der Waals surface area contributed by atoms with Crippen molar-refractivity contribution in [1.82, 2.24) is 19.9 Å². The van der Waals surface area contributed by atoms with Crippen LogP contribution in [0.5, 0.6) is 0 Å². The zero-order valence-corrected chi connectivity index (χ0v) is 32.2. The van der Waals surface area contributed by atoms with Crippen molar-refractivity contribution < 1.29 is 13.3 Å². The molecule has 0 spiro atoms. The molecular weight excluding hydrogens is 757 g/mol. The van der Waals surface area contributed by atoms with E-state index in [2.05, 4.69) is 107 Å². The van der Waals surface area contributed by atoms with Gasteiger partial charge in [-0.1, -0.05) is 109 Å². The van der Waals surface area contributed by atoms with Gasteiger partial charge >= 0.3 is 0 Å². The van der Waals surface area contributed by atoms with Gasteiger partial charge in [-0.2, -0.15) is 9.97 Å². The largest absolute Gasteiger partial charge is 0.456 e. The fourth-order valence-electron chi connectivity index (χ4n) is 8.79. The molecule has 0 atom stereocenters. The van der Waals surface area contributed by atoms with Crippen LogP contribution in [0.2, 0.25) is 0 Å². The summed E-state index contributed by atoms with van der Waals surface area (Å²) < 4.78 is 19.3. The molecule has 8 aromatic carbocycles. The van der Waals surface area contributed by atoms with Gasteiger partial charge in [-0.15, -0.1) is 0 Å². The third kappa shape index (κ3) is 5.20. The molecule has 61 heavy (non-hydrogen) atoms. The molecule has 0 fully saturated rings. The lowest BCUT2D eigenvalue weighted by molar-refractivity contribution is 0.638. The van der Waals surface area contributed by atoms with Gasteiger partial charge in [-0.05, 0) is 59.3 Å². The topological polar surface area (TPSA) is 97.5 Å². The van der Waals surface area contributed by atoms with Crippen LogP contribution in [0.15, 0.2) is 196 Å². The first-order valence-electron chi connectivity index (χ1n) is 20.0. The molecule has 13 aromatic rings. The van der Waals surface area contributed by atoms with Crippen molar-refractivity contribution in [2.75, 3.05) is 9.80 Å². The number of furan rings is 3. The van der Waals surface area contributed by atoms with E-state index in [1.165, 1.54) is 0 Å². The highest BCUT2D eigenvalue weighted by Crippen LogP contribution is 2.43. The molecule has 5 heterocycles. The van der Waals surface area contributed by atoms with Gasteiger partial charge in [-0.3, -0.25) is 9.80 Å². The second kappa shape index (κ2) is 13.0. The van der Waals surface area contributed by atoms with Gasteiger partial charge in [0, 0.05) is 56.8 Å². The number of hydrogen-bond donors (Lipinski definition) is 0. The quantitative estimate of drug-likeness (QED) is 0.163. The Balaban J connectivity index is 0.981. The van der Waals surface area contributed by atoms with E-state index in [1.54, 1.807) is 12.4 Å². The highest BCUT2D eigenvalue weighted by molar-refractivity contribution is 6.09. The smallest absolute Gasteiger partial charge is 0.237 e. The van der Waals surface area contributed by atoms with Crippen LogP contribution in [-0.4, -0.2) is 19.9 Å². The van der Waals surface area contributed by atoms with E-state index in [1.807, 2.05) is 72.8 Å². The van der Waals surface area contributed by atoms with Crippen LogP contribution in [0.3, 0.4) is 0 Å². The van der Waals surface area contributed by atoms with Crippen molar-refractivity contribution in [2.45, 2.75) is 0 Å². The second-order valence-electron chi connectivity index (χ2n) is 15.1. The summed E-state index contributed by atoms with van der Waals surface area (Å²) >= 11 is 0.